The van der Waals surface area contributed by atoms with Gasteiger partial charge < -0.3 is 4.74 Å². The minimum absolute atomic E-state index is 0.294. The number of aromatic nitrogens is 1. The van der Waals surface area contributed by atoms with E-state index in [9.17, 15) is 0 Å². The van der Waals surface area contributed by atoms with Crippen LogP contribution < -0.4 is 0 Å². The first-order chi connectivity index (χ1) is 9.47. The first kappa shape index (κ1) is 13.6. The van der Waals surface area contributed by atoms with Crippen molar-refractivity contribution in [1.29, 1.82) is 5.26 Å². The van der Waals surface area contributed by atoms with Crippen LogP contribution in [0.25, 0.3) is 0 Å². The molecule has 2 aliphatic carbocycles. The van der Waals surface area contributed by atoms with E-state index in [1.807, 2.05) is 12.1 Å². The normalized spacial score (nSPS) is 34.1. The summed E-state index contributed by atoms with van der Waals surface area (Å²) in [5, 5.41) is 8.88. The molecule has 0 N–H and O–H groups in total. The van der Waals surface area contributed by atoms with Gasteiger partial charge in [-0.2, -0.15) is 5.26 Å². The standard InChI is InChI=1S/C17H22N2O/c1-16(2)13-4-6-17(16,3)15(9-13)20-11-12-5-7-19-14(8-12)10-18/h5,7-8,13,15H,4,6,9,11H2,1-3H3. The number of nitriles is 1. The second-order valence-corrected chi connectivity index (χ2v) is 7.07. The van der Waals surface area contributed by atoms with Gasteiger partial charge in [-0.15, -0.1) is 0 Å². The maximum absolute atomic E-state index is 8.88. The van der Waals surface area contributed by atoms with E-state index < -0.39 is 0 Å². The van der Waals surface area contributed by atoms with Crippen molar-refractivity contribution in [2.45, 2.75) is 52.7 Å². The summed E-state index contributed by atoms with van der Waals surface area (Å²) in [5.74, 6) is 0.796. The van der Waals surface area contributed by atoms with Crippen molar-refractivity contribution in [3.63, 3.8) is 0 Å². The summed E-state index contributed by atoms with van der Waals surface area (Å²) in [6, 6.07) is 5.83. The van der Waals surface area contributed by atoms with Gasteiger partial charge in [0.1, 0.15) is 11.8 Å². The number of hydrogen-bond donors (Lipinski definition) is 0. The molecule has 3 unspecified atom stereocenters. The van der Waals surface area contributed by atoms with Gasteiger partial charge >= 0.3 is 0 Å². The zero-order valence-corrected chi connectivity index (χ0v) is 12.5. The van der Waals surface area contributed by atoms with Crippen LogP contribution >= 0.6 is 0 Å². The predicted octanol–water partition coefficient (Wildman–Crippen LogP) is 3.68. The molecular weight excluding hydrogens is 248 g/mol. The summed E-state index contributed by atoms with van der Waals surface area (Å²) in [7, 11) is 0. The summed E-state index contributed by atoms with van der Waals surface area (Å²) in [5.41, 5.74) is 2.18. The number of hydrogen-bond acceptors (Lipinski definition) is 3. The van der Waals surface area contributed by atoms with E-state index in [1.54, 1.807) is 6.20 Å². The van der Waals surface area contributed by atoms with E-state index in [1.165, 1.54) is 19.3 Å². The third kappa shape index (κ3) is 1.86. The van der Waals surface area contributed by atoms with Crippen LogP contribution in [0.3, 0.4) is 0 Å². The summed E-state index contributed by atoms with van der Waals surface area (Å²) in [6.07, 6.45) is 5.82. The molecule has 106 valence electrons. The van der Waals surface area contributed by atoms with Gasteiger partial charge in [-0.25, -0.2) is 4.98 Å². The minimum Gasteiger partial charge on any atom is -0.373 e. The third-order valence-corrected chi connectivity index (χ3v) is 6.10. The van der Waals surface area contributed by atoms with Crippen LogP contribution in [-0.4, -0.2) is 11.1 Å². The molecule has 1 aromatic heterocycles. The number of nitrogens with zero attached hydrogens (tertiary/aromatic N) is 2. The molecule has 0 aliphatic heterocycles. The predicted molar refractivity (Wildman–Crippen MR) is 76.8 cm³/mol. The molecule has 3 heteroatoms. The largest absolute Gasteiger partial charge is 0.373 e. The summed E-state index contributed by atoms with van der Waals surface area (Å²) in [6.45, 7) is 7.76. The molecule has 20 heavy (non-hydrogen) atoms. The number of ether oxygens (including phenoxy) is 1. The van der Waals surface area contributed by atoms with Gasteiger partial charge in [0.15, 0.2) is 0 Å². The van der Waals surface area contributed by atoms with Crippen molar-refractivity contribution in [1.82, 2.24) is 4.98 Å². The molecular formula is C17H22N2O. The van der Waals surface area contributed by atoms with E-state index >= 15 is 0 Å². The van der Waals surface area contributed by atoms with Gasteiger partial charge in [0.25, 0.3) is 0 Å². The fourth-order valence-corrected chi connectivity index (χ4v) is 4.20. The van der Waals surface area contributed by atoms with Crippen molar-refractivity contribution in [2.75, 3.05) is 0 Å². The molecule has 3 atom stereocenters. The lowest BCUT2D eigenvalue weighted by Gasteiger charge is -2.38. The zero-order valence-electron chi connectivity index (χ0n) is 12.5. The van der Waals surface area contributed by atoms with Crippen LogP contribution in [0, 0.1) is 28.1 Å². The van der Waals surface area contributed by atoms with Crippen molar-refractivity contribution in [2.24, 2.45) is 16.7 Å². The molecule has 2 bridgehead atoms. The number of fused-ring (bicyclic) bond motifs is 2. The van der Waals surface area contributed by atoms with Crippen LogP contribution in [0.5, 0.6) is 0 Å². The van der Waals surface area contributed by atoms with Gasteiger partial charge in [0.2, 0.25) is 0 Å². The Kier molecular flexibility index (Phi) is 3.10. The van der Waals surface area contributed by atoms with Crippen LogP contribution in [-0.2, 0) is 11.3 Å². The summed E-state index contributed by atoms with van der Waals surface area (Å²) < 4.78 is 6.22. The van der Waals surface area contributed by atoms with E-state index in [0.29, 0.717) is 29.2 Å². The van der Waals surface area contributed by atoms with Crippen LogP contribution in [0.4, 0.5) is 0 Å². The molecule has 0 amide bonds. The molecule has 0 spiro atoms. The minimum atomic E-state index is 0.294. The van der Waals surface area contributed by atoms with Gasteiger partial charge in [-0.3, -0.25) is 0 Å². The molecule has 2 fully saturated rings. The second kappa shape index (κ2) is 4.56. The Bertz CT molecular complexity index is 560. The van der Waals surface area contributed by atoms with Crippen LogP contribution in [0.2, 0.25) is 0 Å². The lowest BCUT2D eigenvalue weighted by atomic mass is 9.70. The first-order valence-corrected chi connectivity index (χ1v) is 7.44. The number of pyridine rings is 1. The number of rotatable bonds is 3. The van der Waals surface area contributed by atoms with E-state index in [2.05, 4.69) is 31.8 Å². The SMILES string of the molecule is CC1(C)C2CCC1(C)C(OCc1ccnc(C#N)c1)C2. The molecule has 2 aliphatic rings. The lowest BCUT2D eigenvalue weighted by molar-refractivity contribution is -0.0550. The lowest BCUT2D eigenvalue weighted by Crippen LogP contribution is -2.37. The average molecular weight is 270 g/mol. The Morgan fingerprint density at radius 1 is 1.45 bits per heavy atom. The highest BCUT2D eigenvalue weighted by Crippen LogP contribution is 2.66. The van der Waals surface area contributed by atoms with E-state index in [0.717, 1.165) is 11.5 Å². The summed E-state index contributed by atoms with van der Waals surface area (Å²) in [4.78, 5) is 4.00. The van der Waals surface area contributed by atoms with Crippen molar-refractivity contribution < 1.29 is 4.74 Å². The molecule has 3 nitrogen and oxygen atoms in total. The van der Waals surface area contributed by atoms with Crippen molar-refractivity contribution >= 4 is 0 Å². The first-order valence-electron chi connectivity index (χ1n) is 7.44. The highest BCUT2D eigenvalue weighted by atomic mass is 16.5. The summed E-state index contributed by atoms with van der Waals surface area (Å²) >= 11 is 0. The third-order valence-electron chi connectivity index (χ3n) is 6.10. The Balaban J connectivity index is 1.70. The van der Waals surface area contributed by atoms with E-state index in [4.69, 9.17) is 10.00 Å². The van der Waals surface area contributed by atoms with Gasteiger partial charge in [-0.05, 0) is 53.7 Å². The highest BCUT2D eigenvalue weighted by molar-refractivity contribution is 5.25. The van der Waals surface area contributed by atoms with Gasteiger partial charge in [-0.1, -0.05) is 20.8 Å². The maximum atomic E-state index is 8.88. The Hall–Kier alpha value is -1.40. The van der Waals surface area contributed by atoms with Gasteiger partial charge in [0.05, 0.1) is 12.7 Å². The molecule has 0 aromatic carbocycles. The molecule has 1 heterocycles. The zero-order chi connectivity index (χ0) is 14.4. The Morgan fingerprint density at radius 3 is 2.85 bits per heavy atom. The fourth-order valence-electron chi connectivity index (χ4n) is 4.20. The van der Waals surface area contributed by atoms with Crippen molar-refractivity contribution in [3.8, 4) is 6.07 Å². The van der Waals surface area contributed by atoms with Crippen molar-refractivity contribution in [3.05, 3.63) is 29.6 Å². The van der Waals surface area contributed by atoms with E-state index in [-0.39, 0.29) is 0 Å². The highest BCUT2D eigenvalue weighted by Gasteiger charge is 2.61. The smallest absolute Gasteiger partial charge is 0.140 e. The topological polar surface area (TPSA) is 45.9 Å². The molecule has 0 radical (unpaired) electrons. The molecule has 3 rings (SSSR count). The van der Waals surface area contributed by atoms with Crippen LogP contribution in [0.15, 0.2) is 18.3 Å². The maximum Gasteiger partial charge on any atom is 0.140 e. The molecule has 0 saturated heterocycles. The van der Waals surface area contributed by atoms with Gasteiger partial charge in [0, 0.05) is 6.20 Å². The molecule has 1 aromatic rings. The van der Waals surface area contributed by atoms with Crippen LogP contribution in [0.1, 0.15) is 51.3 Å². The Labute approximate surface area is 121 Å². The second-order valence-electron chi connectivity index (χ2n) is 7.07. The monoisotopic (exact) mass is 270 g/mol. The molecule has 2 saturated carbocycles. The fraction of sp³-hybridized carbons (Fsp3) is 0.647. The Morgan fingerprint density at radius 2 is 2.25 bits per heavy atom. The quantitative estimate of drug-likeness (QED) is 0.841. The average Bonchev–Trinajstić information content (AvgIpc) is 2.78.